The molecule has 0 aliphatic rings. The van der Waals surface area contributed by atoms with Crippen molar-refractivity contribution in [2.24, 2.45) is 5.41 Å². The maximum atomic E-state index is 10.9. The van der Waals surface area contributed by atoms with E-state index in [1.165, 1.54) is 6.07 Å². The summed E-state index contributed by atoms with van der Waals surface area (Å²) in [6.45, 7) is 3.20. The van der Waals surface area contributed by atoms with E-state index in [0.29, 0.717) is 10.2 Å². The van der Waals surface area contributed by atoms with Crippen LogP contribution < -0.4 is 5.32 Å². The quantitative estimate of drug-likeness (QED) is 0.643. The summed E-state index contributed by atoms with van der Waals surface area (Å²) >= 11 is 3.15. The maximum Gasteiger partial charge on any atom is 0.310 e. The summed E-state index contributed by atoms with van der Waals surface area (Å²) < 4.78 is 0.595. The van der Waals surface area contributed by atoms with Crippen molar-refractivity contribution in [2.45, 2.75) is 13.8 Å². The second-order valence-corrected chi connectivity index (χ2v) is 5.38. The number of nitrogens with one attached hydrogen (secondary N) is 1. The first-order chi connectivity index (χ1) is 8.24. The Kier molecular flexibility index (Phi) is 4.28. The second-order valence-electron chi connectivity index (χ2n) is 4.46. The highest BCUT2D eigenvalue weighted by Crippen LogP contribution is 2.29. The van der Waals surface area contributed by atoms with E-state index in [9.17, 15) is 14.9 Å². The third-order valence-corrected chi connectivity index (χ3v) is 2.95. The fourth-order valence-electron chi connectivity index (χ4n) is 1.20. The lowest BCUT2D eigenvalue weighted by Crippen LogP contribution is -2.31. The van der Waals surface area contributed by atoms with Gasteiger partial charge in [0.25, 0.3) is 5.69 Å². The maximum absolute atomic E-state index is 10.9. The predicted molar refractivity (Wildman–Crippen MR) is 70.7 cm³/mol. The van der Waals surface area contributed by atoms with E-state index in [4.69, 9.17) is 5.11 Å². The molecule has 6 nitrogen and oxygen atoms in total. The Bertz CT molecular complexity index is 488. The van der Waals surface area contributed by atoms with Gasteiger partial charge in [-0.1, -0.05) is 15.9 Å². The van der Waals surface area contributed by atoms with Crippen LogP contribution in [0.3, 0.4) is 0 Å². The second kappa shape index (κ2) is 5.34. The van der Waals surface area contributed by atoms with Gasteiger partial charge in [-0.25, -0.2) is 0 Å². The Hall–Kier alpha value is -1.63. The lowest BCUT2D eigenvalue weighted by Gasteiger charge is -2.20. The number of nitrogens with zero attached hydrogens (tertiary/aromatic N) is 1. The Morgan fingerprint density at radius 3 is 2.67 bits per heavy atom. The van der Waals surface area contributed by atoms with Crippen molar-refractivity contribution in [3.8, 4) is 0 Å². The summed E-state index contributed by atoms with van der Waals surface area (Å²) in [6.07, 6.45) is 0. The van der Waals surface area contributed by atoms with Crippen molar-refractivity contribution in [1.82, 2.24) is 0 Å². The number of carbonyl (C=O) groups is 1. The lowest BCUT2D eigenvalue weighted by atomic mass is 9.94. The van der Waals surface area contributed by atoms with Crippen molar-refractivity contribution in [2.75, 3.05) is 11.9 Å². The molecule has 0 aliphatic carbocycles. The number of nitro groups is 1. The fraction of sp³-hybridized carbons (Fsp3) is 0.364. The van der Waals surface area contributed by atoms with Crippen LogP contribution in [0.2, 0.25) is 0 Å². The van der Waals surface area contributed by atoms with E-state index in [1.807, 2.05) is 0 Å². The number of carboxylic acids is 1. The van der Waals surface area contributed by atoms with Crippen LogP contribution in [0.1, 0.15) is 13.8 Å². The minimum absolute atomic E-state index is 0.0921. The van der Waals surface area contributed by atoms with E-state index in [-0.39, 0.29) is 12.2 Å². The van der Waals surface area contributed by atoms with Gasteiger partial charge < -0.3 is 10.4 Å². The molecule has 1 aromatic carbocycles. The molecule has 0 aromatic heterocycles. The average Bonchev–Trinajstić information content (AvgIpc) is 2.27. The number of anilines is 1. The van der Waals surface area contributed by atoms with Crippen LogP contribution in [-0.2, 0) is 4.79 Å². The first-order valence-corrected chi connectivity index (χ1v) is 5.94. The van der Waals surface area contributed by atoms with Gasteiger partial charge in [-0.15, -0.1) is 0 Å². The number of carboxylic acid groups (broad SMARTS) is 1. The first kappa shape index (κ1) is 14.4. The van der Waals surface area contributed by atoms with E-state index < -0.39 is 16.3 Å². The molecule has 2 N–H and O–H groups in total. The molecule has 18 heavy (non-hydrogen) atoms. The molecule has 7 heteroatoms. The third-order valence-electron chi connectivity index (χ3n) is 2.46. The van der Waals surface area contributed by atoms with Crippen molar-refractivity contribution in [3.05, 3.63) is 32.8 Å². The Morgan fingerprint density at radius 1 is 1.56 bits per heavy atom. The van der Waals surface area contributed by atoms with Gasteiger partial charge in [0.15, 0.2) is 0 Å². The lowest BCUT2D eigenvalue weighted by molar-refractivity contribution is -0.384. The highest BCUT2D eigenvalue weighted by Gasteiger charge is 2.27. The molecule has 1 aromatic rings. The Morgan fingerprint density at radius 2 is 2.17 bits per heavy atom. The molecule has 0 atom stereocenters. The fourth-order valence-corrected chi connectivity index (χ4v) is 1.55. The zero-order valence-corrected chi connectivity index (χ0v) is 11.5. The van der Waals surface area contributed by atoms with Gasteiger partial charge >= 0.3 is 5.97 Å². The number of hydrogen-bond donors (Lipinski definition) is 2. The Balaban J connectivity index is 2.92. The summed E-state index contributed by atoms with van der Waals surface area (Å²) in [7, 11) is 0. The summed E-state index contributed by atoms with van der Waals surface area (Å²) in [5.41, 5.74) is -0.788. The summed E-state index contributed by atoms with van der Waals surface area (Å²) in [4.78, 5) is 21.3. The monoisotopic (exact) mass is 316 g/mol. The van der Waals surface area contributed by atoms with Crippen molar-refractivity contribution < 1.29 is 14.8 Å². The van der Waals surface area contributed by atoms with E-state index in [1.54, 1.807) is 26.0 Å². The van der Waals surface area contributed by atoms with Crippen LogP contribution in [0.4, 0.5) is 11.4 Å². The molecule has 0 spiro atoms. The van der Waals surface area contributed by atoms with Crippen LogP contribution >= 0.6 is 15.9 Å². The number of hydrogen-bond acceptors (Lipinski definition) is 4. The van der Waals surface area contributed by atoms with Gasteiger partial charge in [0, 0.05) is 17.1 Å². The molecule has 0 radical (unpaired) electrons. The molecule has 0 saturated carbocycles. The van der Waals surface area contributed by atoms with Gasteiger partial charge in [-0.2, -0.15) is 0 Å². The zero-order valence-electron chi connectivity index (χ0n) is 9.94. The van der Waals surface area contributed by atoms with E-state index >= 15 is 0 Å². The van der Waals surface area contributed by atoms with Gasteiger partial charge in [-0.3, -0.25) is 14.9 Å². The zero-order chi connectivity index (χ0) is 13.9. The van der Waals surface area contributed by atoms with Crippen LogP contribution in [0.5, 0.6) is 0 Å². The van der Waals surface area contributed by atoms with E-state index in [0.717, 1.165) is 0 Å². The molecular formula is C11H13BrN2O4. The van der Waals surface area contributed by atoms with Crippen molar-refractivity contribution in [3.63, 3.8) is 0 Å². The molecular weight excluding hydrogens is 304 g/mol. The van der Waals surface area contributed by atoms with Crippen LogP contribution in [-0.4, -0.2) is 22.5 Å². The minimum atomic E-state index is -0.999. The molecule has 0 heterocycles. The Labute approximate surface area is 112 Å². The standard InChI is InChI=1S/C11H13BrN2O4/c1-11(2,10(15)16)6-13-8-4-3-7(12)5-9(8)14(17)18/h3-5,13H,6H2,1-2H3,(H,15,16). The highest BCUT2D eigenvalue weighted by atomic mass is 79.9. The SMILES string of the molecule is CC(C)(CNc1ccc(Br)cc1[N+](=O)[O-])C(=O)O. The van der Waals surface area contributed by atoms with Crippen LogP contribution in [0, 0.1) is 15.5 Å². The number of aliphatic carboxylic acids is 1. The number of benzene rings is 1. The molecule has 1 rings (SSSR count). The number of rotatable bonds is 5. The van der Waals surface area contributed by atoms with Crippen LogP contribution in [0.25, 0.3) is 0 Å². The number of nitro benzene ring substituents is 1. The smallest absolute Gasteiger partial charge is 0.310 e. The highest BCUT2D eigenvalue weighted by molar-refractivity contribution is 9.10. The van der Waals surface area contributed by atoms with Gasteiger partial charge in [0.05, 0.1) is 10.3 Å². The molecule has 0 bridgehead atoms. The molecule has 0 unspecified atom stereocenters. The molecule has 0 saturated heterocycles. The summed E-state index contributed by atoms with van der Waals surface area (Å²) in [5, 5.41) is 22.6. The predicted octanol–water partition coefficient (Wildman–Crippen LogP) is 2.88. The molecule has 0 fully saturated rings. The summed E-state index contributed by atoms with van der Waals surface area (Å²) in [5.74, 6) is -0.963. The average molecular weight is 317 g/mol. The van der Waals surface area contributed by atoms with Gasteiger partial charge in [0.2, 0.25) is 0 Å². The van der Waals surface area contributed by atoms with E-state index in [2.05, 4.69) is 21.2 Å². The molecule has 0 amide bonds. The summed E-state index contributed by atoms with van der Waals surface area (Å²) in [6, 6.07) is 4.57. The largest absolute Gasteiger partial charge is 0.481 e. The van der Waals surface area contributed by atoms with Crippen LogP contribution in [0.15, 0.2) is 22.7 Å². The van der Waals surface area contributed by atoms with Gasteiger partial charge in [0.1, 0.15) is 5.69 Å². The normalized spacial score (nSPS) is 11.1. The van der Waals surface area contributed by atoms with Crippen molar-refractivity contribution >= 4 is 33.3 Å². The van der Waals surface area contributed by atoms with Crippen molar-refractivity contribution in [1.29, 1.82) is 0 Å². The molecule has 0 aliphatic heterocycles. The molecule has 98 valence electrons. The topological polar surface area (TPSA) is 92.5 Å². The van der Waals surface area contributed by atoms with Gasteiger partial charge in [-0.05, 0) is 26.0 Å². The minimum Gasteiger partial charge on any atom is -0.481 e. The first-order valence-electron chi connectivity index (χ1n) is 5.15. The number of halogens is 1. The third kappa shape index (κ3) is 3.43.